The van der Waals surface area contributed by atoms with Crippen molar-refractivity contribution in [2.24, 2.45) is 0 Å². The van der Waals surface area contributed by atoms with Gasteiger partial charge in [-0.3, -0.25) is 5.10 Å². The molecule has 2 aromatic rings. The molecule has 7 heteroatoms. The number of aromatic nitrogens is 3. The van der Waals surface area contributed by atoms with Crippen LogP contribution in [0.25, 0.3) is 11.4 Å². The Morgan fingerprint density at radius 1 is 1.35 bits per heavy atom. The first-order valence-electron chi connectivity index (χ1n) is 6.57. The van der Waals surface area contributed by atoms with Gasteiger partial charge in [0.25, 0.3) is 0 Å². The van der Waals surface area contributed by atoms with Crippen molar-refractivity contribution in [3.05, 3.63) is 18.2 Å². The fourth-order valence-corrected chi connectivity index (χ4v) is 2.35. The molecule has 1 saturated heterocycles. The molecule has 0 aliphatic carbocycles. The maximum absolute atomic E-state index is 9.85. The lowest BCUT2D eigenvalue weighted by molar-refractivity contribution is 0.405. The van der Waals surface area contributed by atoms with Crippen molar-refractivity contribution in [1.29, 1.82) is 0 Å². The van der Waals surface area contributed by atoms with Crippen LogP contribution in [0.5, 0.6) is 11.5 Å². The largest absolute Gasteiger partial charge is 0.504 e. The molecule has 7 nitrogen and oxygen atoms in total. The maximum Gasteiger partial charge on any atom is 0.245 e. The van der Waals surface area contributed by atoms with Gasteiger partial charge in [-0.1, -0.05) is 6.07 Å². The molecule has 1 fully saturated rings. The third kappa shape index (κ3) is 2.27. The molecule has 0 spiro atoms. The van der Waals surface area contributed by atoms with Crippen molar-refractivity contribution in [2.45, 2.75) is 13.0 Å². The van der Waals surface area contributed by atoms with Gasteiger partial charge in [0, 0.05) is 25.7 Å². The number of phenols is 2. The first-order chi connectivity index (χ1) is 9.65. The first kappa shape index (κ1) is 12.7. The van der Waals surface area contributed by atoms with E-state index in [1.165, 1.54) is 6.07 Å². The molecule has 0 unspecified atom stereocenters. The molecule has 20 heavy (non-hydrogen) atoms. The normalized spacial score (nSPS) is 19.2. The van der Waals surface area contributed by atoms with Gasteiger partial charge in [0.1, 0.15) is 0 Å². The summed E-state index contributed by atoms with van der Waals surface area (Å²) in [4.78, 5) is 6.49. The molecule has 4 N–H and O–H groups in total. The highest BCUT2D eigenvalue weighted by Crippen LogP contribution is 2.34. The zero-order valence-corrected chi connectivity index (χ0v) is 11.2. The van der Waals surface area contributed by atoms with Crippen LogP contribution < -0.4 is 10.2 Å². The minimum Gasteiger partial charge on any atom is -0.504 e. The van der Waals surface area contributed by atoms with E-state index in [-0.39, 0.29) is 11.5 Å². The molecule has 1 atom stereocenters. The second-order valence-electron chi connectivity index (χ2n) is 4.96. The molecule has 1 aliphatic rings. The number of H-pyrrole nitrogens is 1. The number of nitrogens with one attached hydrogen (secondary N) is 2. The Kier molecular flexibility index (Phi) is 3.19. The fraction of sp³-hybridized carbons (Fsp3) is 0.385. The average molecular weight is 275 g/mol. The molecular formula is C13H17N5O2. The van der Waals surface area contributed by atoms with Crippen LogP contribution in [0, 0.1) is 0 Å². The van der Waals surface area contributed by atoms with Crippen LogP contribution in [-0.4, -0.2) is 51.1 Å². The van der Waals surface area contributed by atoms with Gasteiger partial charge in [-0.05, 0) is 19.1 Å². The number of para-hydroxylation sites is 1. The number of anilines is 1. The summed E-state index contributed by atoms with van der Waals surface area (Å²) < 4.78 is 0. The molecule has 0 amide bonds. The van der Waals surface area contributed by atoms with Crippen LogP contribution >= 0.6 is 0 Å². The quantitative estimate of drug-likeness (QED) is 0.602. The van der Waals surface area contributed by atoms with Gasteiger partial charge in [0.05, 0.1) is 5.56 Å². The van der Waals surface area contributed by atoms with E-state index in [0.29, 0.717) is 23.4 Å². The van der Waals surface area contributed by atoms with E-state index >= 15 is 0 Å². The zero-order valence-electron chi connectivity index (χ0n) is 11.2. The average Bonchev–Trinajstić information content (AvgIpc) is 2.91. The summed E-state index contributed by atoms with van der Waals surface area (Å²) in [6, 6.07) is 5.15. The summed E-state index contributed by atoms with van der Waals surface area (Å²) in [5, 5.41) is 29.7. The van der Waals surface area contributed by atoms with Gasteiger partial charge in [0.2, 0.25) is 5.95 Å². The number of piperazine rings is 1. The molecule has 0 radical (unpaired) electrons. The Morgan fingerprint density at radius 3 is 3.00 bits per heavy atom. The number of phenolic OH excluding ortho intramolecular Hbond substituents is 2. The minimum absolute atomic E-state index is 0.170. The first-order valence-corrected chi connectivity index (χ1v) is 6.57. The van der Waals surface area contributed by atoms with Gasteiger partial charge < -0.3 is 20.4 Å². The topological polar surface area (TPSA) is 97.3 Å². The Bertz CT molecular complexity index is 613. The number of nitrogens with zero attached hydrogens (tertiary/aromatic N) is 3. The van der Waals surface area contributed by atoms with E-state index in [1.54, 1.807) is 12.1 Å². The lowest BCUT2D eigenvalue weighted by Crippen LogP contribution is -2.49. The molecule has 106 valence electrons. The van der Waals surface area contributed by atoms with Crippen molar-refractivity contribution in [2.75, 3.05) is 24.5 Å². The highest BCUT2D eigenvalue weighted by Gasteiger charge is 2.20. The smallest absolute Gasteiger partial charge is 0.245 e. The van der Waals surface area contributed by atoms with Gasteiger partial charge in [-0.2, -0.15) is 4.98 Å². The number of benzene rings is 1. The third-order valence-corrected chi connectivity index (χ3v) is 3.40. The van der Waals surface area contributed by atoms with E-state index in [2.05, 4.69) is 32.3 Å². The summed E-state index contributed by atoms with van der Waals surface area (Å²) in [5.41, 5.74) is 0.437. The fourth-order valence-electron chi connectivity index (χ4n) is 2.35. The number of aromatic amines is 1. The molecule has 2 heterocycles. The van der Waals surface area contributed by atoms with Gasteiger partial charge in [-0.25, -0.2) is 0 Å². The Morgan fingerprint density at radius 2 is 2.20 bits per heavy atom. The SMILES string of the molecule is C[C@H]1CN(c2n[nH]c(-c3cccc(O)c3O)n2)CCN1. The van der Waals surface area contributed by atoms with Crippen LogP contribution in [0.2, 0.25) is 0 Å². The minimum atomic E-state index is -0.191. The summed E-state index contributed by atoms with van der Waals surface area (Å²) in [7, 11) is 0. The van der Waals surface area contributed by atoms with Crippen molar-refractivity contribution >= 4 is 5.95 Å². The van der Waals surface area contributed by atoms with Crippen LogP contribution in [0.15, 0.2) is 18.2 Å². The summed E-state index contributed by atoms with van der Waals surface area (Å²) in [5.74, 6) is 0.691. The Balaban J connectivity index is 1.88. The molecule has 0 saturated carbocycles. The lowest BCUT2D eigenvalue weighted by Gasteiger charge is -2.30. The zero-order chi connectivity index (χ0) is 14.1. The summed E-state index contributed by atoms with van der Waals surface area (Å²) in [6.45, 7) is 4.68. The number of rotatable bonds is 2. The second kappa shape index (κ2) is 5.01. The van der Waals surface area contributed by atoms with E-state index in [0.717, 1.165) is 19.6 Å². The van der Waals surface area contributed by atoms with E-state index in [9.17, 15) is 10.2 Å². The van der Waals surface area contributed by atoms with Crippen molar-refractivity contribution in [3.63, 3.8) is 0 Å². The number of aromatic hydroxyl groups is 2. The highest BCUT2D eigenvalue weighted by molar-refractivity contribution is 5.68. The monoisotopic (exact) mass is 275 g/mol. The van der Waals surface area contributed by atoms with Crippen LogP contribution in [0.3, 0.4) is 0 Å². The van der Waals surface area contributed by atoms with Crippen LogP contribution in [0.1, 0.15) is 6.92 Å². The van der Waals surface area contributed by atoms with E-state index in [4.69, 9.17) is 0 Å². The standard InChI is InChI=1S/C13H17N5O2/c1-8-7-18(6-5-14-8)13-15-12(16-17-13)9-3-2-4-10(19)11(9)20/h2-4,8,14,19-20H,5-7H2,1H3,(H,15,16,17)/t8-/m0/s1. The van der Waals surface area contributed by atoms with Gasteiger partial charge >= 0.3 is 0 Å². The van der Waals surface area contributed by atoms with Crippen molar-refractivity contribution in [1.82, 2.24) is 20.5 Å². The second-order valence-corrected chi connectivity index (χ2v) is 4.96. The Hall–Kier alpha value is -2.28. The predicted molar refractivity (Wildman–Crippen MR) is 74.8 cm³/mol. The van der Waals surface area contributed by atoms with Gasteiger partial charge in [-0.15, -0.1) is 5.10 Å². The van der Waals surface area contributed by atoms with Crippen LogP contribution in [-0.2, 0) is 0 Å². The molecule has 1 aromatic heterocycles. The van der Waals surface area contributed by atoms with Crippen molar-refractivity contribution < 1.29 is 10.2 Å². The lowest BCUT2D eigenvalue weighted by atomic mass is 10.2. The molecule has 3 rings (SSSR count). The number of hydrogen-bond donors (Lipinski definition) is 4. The summed E-state index contributed by atoms with van der Waals surface area (Å²) >= 11 is 0. The van der Waals surface area contributed by atoms with Gasteiger partial charge in [0.15, 0.2) is 17.3 Å². The third-order valence-electron chi connectivity index (χ3n) is 3.40. The van der Waals surface area contributed by atoms with E-state index in [1.807, 2.05) is 0 Å². The molecule has 0 bridgehead atoms. The van der Waals surface area contributed by atoms with Crippen molar-refractivity contribution in [3.8, 4) is 22.9 Å². The molecule has 1 aliphatic heterocycles. The predicted octanol–water partition coefficient (Wildman–Crippen LogP) is 0.681. The Labute approximate surface area is 116 Å². The number of hydrogen-bond acceptors (Lipinski definition) is 6. The summed E-state index contributed by atoms with van der Waals surface area (Å²) in [6.07, 6.45) is 0. The van der Waals surface area contributed by atoms with E-state index < -0.39 is 0 Å². The maximum atomic E-state index is 9.85. The molecular weight excluding hydrogens is 258 g/mol. The molecule has 1 aromatic carbocycles. The van der Waals surface area contributed by atoms with Crippen LogP contribution in [0.4, 0.5) is 5.95 Å². The highest BCUT2D eigenvalue weighted by atomic mass is 16.3.